The van der Waals surface area contributed by atoms with Crippen molar-refractivity contribution in [1.82, 2.24) is 9.88 Å². The van der Waals surface area contributed by atoms with Gasteiger partial charge in [-0.3, -0.25) is 9.69 Å². The minimum atomic E-state index is -0.684. The van der Waals surface area contributed by atoms with Crippen LogP contribution in [0.25, 0.3) is 11.3 Å². The number of hydrogen-bond acceptors (Lipinski definition) is 7. The maximum absolute atomic E-state index is 11.8. The van der Waals surface area contributed by atoms with E-state index in [0.717, 1.165) is 98.2 Å². The molecule has 1 N–H and O–H groups in total. The number of carbonyl (C=O) groups is 1. The minimum Gasteiger partial charge on any atom is -0.496 e. The SMILES string of the molecule is COc1cc(COc2c(C)cccc2-c2cccc(N3C[C@@H]4C[C@]4(C(=O)O)C3)n2)cc2c1CN(C1CCOCC1)CC2. The predicted octanol–water partition coefficient (Wildman–Crippen LogP) is 5.09. The zero-order valence-corrected chi connectivity index (χ0v) is 24.5. The van der Waals surface area contributed by atoms with E-state index in [4.69, 9.17) is 19.2 Å². The summed E-state index contributed by atoms with van der Waals surface area (Å²) in [6.45, 7) is 7.44. The highest BCUT2D eigenvalue weighted by Crippen LogP contribution is 2.58. The summed E-state index contributed by atoms with van der Waals surface area (Å²) in [4.78, 5) is 21.5. The summed E-state index contributed by atoms with van der Waals surface area (Å²) in [6, 6.07) is 17.1. The summed E-state index contributed by atoms with van der Waals surface area (Å²) >= 11 is 0. The van der Waals surface area contributed by atoms with Crippen molar-refractivity contribution >= 4 is 11.8 Å². The number of rotatable bonds is 8. The summed E-state index contributed by atoms with van der Waals surface area (Å²) in [6.07, 6.45) is 3.98. The lowest BCUT2D eigenvalue weighted by Crippen LogP contribution is -2.42. The van der Waals surface area contributed by atoms with E-state index in [2.05, 4.69) is 34.9 Å². The van der Waals surface area contributed by atoms with Gasteiger partial charge >= 0.3 is 5.97 Å². The second-order valence-corrected chi connectivity index (χ2v) is 12.4. The molecule has 2 atom stereocenters. The third kappa shape index (κ3) is 4.90. The molecule has 0 amide bonds. The number of nitrogens with zero attached hydrogens (tertiary/aromatic N) is 3. The first-order chi connectivity index (χ1) is 20.4. The van der Waals surface area contributed by atoms with Crippen molar-refractivity contribution in [3.8, 4) is 22.8 Å². The van der Waals surface area contributed by atoms with E-state index in [1.54, 1.807) is 7.11 Å². The molecule has 220 valence electrons. The number of piperidine rings is 1. The Morgan fingerprint density at radius 2 is 2.00 bits per heavy atom. The zero-order valence-electron chi connectivity index (χ0n) is 24.5. The van der Waals surface area contributed by atoms with Crippen molar-refractivity contribution in [2.75, 3.05) is 44.9 Å². The highest BCUT2D eigenvalue weighted by atomic mass is 16.5. The number of pyridine rings is 1. The van der Waals surface area contributed by atoms with Gasteiger partial charge in [0.05, 0.1) is 18.2 Å². The number of aromatic nitrogens is 1. The maximum atomic E-state index is 11.8. The molecular weight excluding hydrogens is 530 g/mol. The van der Waals surface area contributed by atoms with Crippen molar-refractivity contribution < 1.29 is 24.1 Å². The van der Waals surface area contributed by atoms with Crippen LogP contribution in [0.3, 0.4) is 0 Å². The number of anilines is 1. The van der Waals surface area contributed by atoms with E-state index in [0.29, 0.717) is 19.2 Å². The van der Waals surface area contributed by atoms with Gasteiger partial charge in [0.25, 0.3) is 0 Å². The topological polar surface area (TPSA) is 84.4 Å². The van der Waals surface area contributed by atoms with Gasteiger partial charge < -0.3 is 24.2 Å². The fourth-order valence-corrected chi connectivity index (χ4v) is 7.28. The van der Waals surface area contributed by atoms with Gasteiger partial charge in [0, 0.05) is 56.6 Å². The van der Waals surface area contributed by atoms with Gasteiger partial charge in [-0.25, -0.2) is 4.98 Å². The molecule has 1 aromatic heterocycles. The maximum Gasteiger partial charge on any atom is 0.311 e. The van der Waals surface area contributed by atoms with Crippen LogP contribution < -0.4 is 14.4 Å². The predicted molar refractivity (Wildman–Crippen MR) is 160 cm³/mol. The quantitative estimate of drug-likeness (QED) is 0.402. The van der Waals surface area contributed by atoms with Crippen LogP contribution in [0.4, 0.5) is 5.82 Å². The van der Waals surface area contributed by atoms with Gasteiger partial charge in [-0.1, -0.05) is 24.3 Å². The summed E-state index contributed by atoms with van der Waals surface area (Å²) in [7, 11) is 1.76. The lowest BCUT2D eigenvalue weighted by molar-refractivity contribution is -0.143. The van der Waals surface area contributed by atoms with E-state index in [-0.39, 0.29) is 5.92 Å². The molecule has 0 bridgehead atoms. The number of carboxylic acids is 1. The summed E-state index contributed by atoms with van der Waals surface area (Å²) in [5.74, 6) is 2.11. The number of para-hydroxylation sites is 1. The Bertz CT molecular complexity index is 1490. The molecular formula is C34H39N3O5. The van der Waals surface area contributed by atoms with Crippen LogP contribution >= 0.6 is 0 Å². The van der Waals surface area contributed by atoms with Crippen molar-refractivity contribution in [3.63, 3.8) is 0 Å². The molecule has 4 heterocycles. The van der Waals surface area contributed by atoms with Crippen LogP contribution in [0, 0.1) is 18.3 Å². The summed E-state index contributed by atoms with van der Waals surface area (Å²) < 4.78 is 18.0. The Hall–Kier alpha value is -3.62. The standard InChI is InChI=1S/C34H39N3O5/c1-22-5-3-6-27(29-7-4-8-31(35-29)37-18-25-17-34(25,21-37)33(38)39)32(22)42-20-23-15-24-9-12-36(26-10-13-41-14-11-26)19-28(24)30(16-23)40-2/h3-8,15-16,25-26H,9-14,17-21H2,1-2H3,(H,38,39)/t25-,34-/m0/s1. The molecule has 0 unspecified atom stereocenters. The van der Waals surface area contributed by atoms with Crippen LogP contribution in [0.2, 0.25) is 0 Å². The summed E-state index contributed by atoms with van der Waals surface area (Å²) in [5, 5.41) is 9.72. The fraction of sp³-hybridized carbons (Fsp3) is 0.471. The van der Waals surface area contributed by atoms with Gasteiger partial charge in [-0.2, -0.15) is 0 Å². The normalized spacial score (nSPS) is 23.8. The Kier molecular flexibility index (Phi) is 7.06. The first-order valence-corrected chi connectivity index (χ1v) is 15.1. The van der Waals surface area contributed by atoms with Crippen molar-refractivity contribution in [2.24, 2.45) is 11.3 Å². The minimum absolute atomic E-state index is 0.219. The molecule has 8 heteroatoms. The van der Waals surface area contributed by atoms with Crippen molar-refractivity contribution in [2.45, 2.75) is 51.8 Å². The van der Waals surface area contributed by atoms with Crippen LogP contribution in [0.5, 0.6) is 11.5 Å². The van der Waals surface area contributed by atoms with E-state index in [1.807, 2.05) is 30.3 Å². The second kappa shape index (κ2) is 10.9. The number of hydrogen-bond donors (Lipinski definition) is 1. The van der Waals surface area contributed by atoms with E-state index < -0.39 is 11.4 Å². The number of fused-ring (bicyclic) bond motifs is 2. The second-order valence-electron chi connectivity index (χ2n) is 12.4. The molecule has 8 nitrogen and oxygen atoms in total. The van der Waals surface area contributed by atoms with E-state index in [1.165, 1.54) is 11.1 Å². The molecule has 1 saturated carbocycles. The monoisotopic (exact) mass is 569 g/mol. The molecule has 0 spiro atoms. The van der Waals surface area contributed by atoms with Gasteiger partial charge in [0.15, 0.2) is 0 Å². The van der Waals surface area contributed by atoms with Gasteiger partial charge in [0.1, 0.15) is 23.9 Å². The van der Waals surface area contributed by atoms with Crippen LogP contribution in [0.15, 0.2) is 48.5 Å². The van der Waals surface area contributed by atoms with Gasteiger partial charge in [-0.15, -0.1) is 0 Å². The number of aryl methyl sites for hydroxylation is 1. The molecule has 2 saturated heterocycles. The van der Waals surface area contributed by atoms with Gasteiger partial charge in [-0.05, 0) is 79.5 Å². The number of aliphatic carboxylic acids is 1. The van der Waals surface area contributed by atoms with E-state index in [9.17, 15) is 9.90 Å². The third-order valence-electron chi connectivity index (χ3n) is 9.82. The fourth-order valence-electron chi connectivity index (χ4n) is 7.28. The molecule has 3 aliphatic heterocycles. The molecule has 0 radical (unpaired) electrons. The Morgan fingerprint density at radius 1 is 1.17 bits per heavy atom. The lowest BCUT2D eigenvalue weighted by Gasteiger charge is -2.38. The number of methoxy groups -OCH3 is 1. The lowest BCUT2D eigenvalue weighted by atomic mass is 9.94. The Morgan fingerprint density at radius 3 is 2.79 bits per heavy atom. The molecule has 3 aromatic rings. The average Bonchev–Trinajstić information content (AvgIpc) is 3.60. The largest absolute Gasteiger partial charge is 0.496 e. The number of benzene rings is 2. The van der Waals surface area contributed by atoms with Crippen LogP contribution in [-0.4, -0.2) is 67.0 Å². The molecule has 3 fully saturated rings. The third-order valence-corrected chi connectivity index (χ3v) is 9.82. The Balaban J connectivity index is 1.10. The van der Waals surface area contributed by atoms with Gasteiger partial charge in [0.2, 0.25) is 0 Å². The highest BCUT2D eigenvalue weighted by Gasteiger charge is 2.65. The first kappa shape index (κ1) is 27.2. The highest BCUT2D eigenvalue weighted by molar-refractivity contribution is 5.81. The molecule has 42 heavy (non-hydrogen) atoms. The van der Waals surface area contributed by atoms with Crippen LogP contribution in [-0.2, 0) is 29.1 Å². The number of carboxylic acid groups (broad SMARTS) is 1. The van der Waals surface area contributed by atoms with Crippen molar-refractivity contribution in [1.29, 1.82) is 0 Å². The van der Waals surface area contributed by atoms with E-state index >= 15 is 0 Å². The molecule has 1 aliphatic carbocycles. The zero-order chi connectivity index (χ0) is 28.8. The van der Waals surface area contributed by atoms with Crippen molar-refractivity contribution in [3.05, 3.63) is 70.8 Å². The first-order valence-electron chi connectivity index (χ1n) is 15.1. The average molecular weight is 570 g/mol. The molecule has 2 aromatic carbocycles. The smallest absolute Gasteiger partial charge is 0.311 e. The Labute approximate surface area is 247 Å². The molecule has 4 aliphatic rings. The number of ether oxygens (including phenoxy) is 3. The summed E-state index contributed by atoms with van der Waals surface area (Å²) in [5.41, 5.74) is 5.95. The van der Waals surface area contributed by atoms with Crippen LogP contribution in [0.1, 0.15) is 41.5 Å². The molecule has 7 rings (SSSR count).